The molecule has 3 aromatic carbocycles. The van der Waals surface area contributed by atoms with Crippen molar-refractivity contribution < 1.29 is 18.4 Å². The van der Waals surface area contributed by atoms with Gasteiger partial charge in [-0.1, -0.05) is 29.3 Å². The van der Waals surface area contributed by atoms with E-state index in [0.717, 1.165) is 6.07 Å². The van der Waals surface area contributed by atoms with Crippen LogP contribution < -0.4 is 10.2 Å². The van der Waals surface area contributed by atoms with Gasteiger partial charge in [-0.3, -0.25) is 9.59 Å². The zero-order chi connectivity index (χ0) is 21.7. The minimum atomic E-state index is -0.525. The van der Waals surface area contributed by atoms with Gasteiger partial charge < -0.3 is 10.2 Å². The molecule has 1 N–H and O–H groups in total. The Balaban J connectivity index is 1.78. The molecule has 154 valence electrons. The third-order valence-electron chi connectivity index (χ3n) is 4.25. The minimum absolute atomic E-state index is 0.0731. The van der Waals surface area contributed by atoms with Crippen molar-refractivity contribution in [2.24, 2.45) is 0 Å². The lowest BCUT2D eigenvalue weighted by Crippen LogP contribution is -2.39. The molecule has 0 radical (unpaired) electrons. The molecule has 3 aromatic rings. The van der Waals surface area contributed by atoms with Gasteiger partial charge in [-0.15, -0.1) is 0 Å². The quantitative estimate of drug-likeness (QED) is 0.552. The molecular formula is C22H16Cl2F2N2O2. The Labute approximate surface area is 182 Å². The van der Waals surface area contributed by atoms with Gasteiger partial charge in [-0.05, 0) is 60.7 Å². The molecular weight excluding hydrogens is 433 g/mol. The molecule has 0 aliphatic heterocycles. The Kier molecular flexibility index (Phi) is 7.03. The zero-order valence-corrected chi connectivity index (χ0v) is 17.1. The Morgan fingerprint density at radius 3 is 2.30 bits per heavy atom. The third kappa shape index (κ3) is 5.34. The molecule has 4 nitrogen and oxygen atoms in total. The van der Waals surface area contributed by atoms with Crippen LogP contribution >= 0.6 is 23.2 Å². The maximum absolute atomic E-state index is 13.3. The molecule has 0 fully saturated rings. The average molecular weight is 449 g/mol. The number of amides is 2. The van der Waals surface area contributed by atoms with E-state index in [9.17, 15) is 18.4 Å². The third-order valence-corrected chi connectivity index (χ3v) is 4.80. The predicted octanol–water partition coefficient (Wildman–Crippen LogP) is 5.35. The number of carbonyl (C=O) groups excluding carboxylic acids is 2. The van der Waals surface area contributed by atoms with Gasteiger partial charge in [-0.2, -0.15) is 0 Å². The molecule has 0 spiro atoms. The first-order chi connectivity index (χ1) is 14.3. The number of hydrogen-bond donors (Lipinski definition) is 1. The summed E-state index contributed by atoms with van der Waals surface area (Å²) in [5.41, 5.74) is 0.796. The van der Waals surface area contributed by atoms with E-state index in [1.165, 1.54) is 65.6 Å². The van der Waals surface area contributed by atoms with Crippen LogP contribution in [0.15, 0.2) is 66.7 Å². The van der Waals surface area contributed by atoms with Crippen molar-refractivity contribution in [1.82, 2.24) is 5.32 Å². The smallest absolute Gasteiger partial charge is 0.259 e. The van der Waals surface area contributed by atoms with E-state index >= 15 is 0 Å². The molecule has 0 aliphatic rings. The van der Waals surface area contributed by atoms with Crippen molar-refractivity contribution in [3.8, 4) is 0 Å². The van der Waals surface area contributed by atoms with Crippen LogP contribution in [0.3, 0.4) is 0 Å². The van der Waals surface area contributed by atoms with Gasteiger partial charge in [0.2, 0.25) is 0 Å². The maximum atomic E-state index is 13.3. The lowest BCUT2D eigenvalue weighted by molar-refractivity contribution is 0.0943. The second kappa shape index (κ2) is 9.69. The van der Waals surface area contributed by atoms with E-state index in [2.05, 4.69) is 5.32 Å². The summed E-state index contributed by atoms with van der Waals surface area (Å²) in [5.74, 6) is -1.90. The summed E-state index contributed by atoms with van der Waals surface area (Å²) in [4.78, 5) is 26.7. The molecule has 0 saturated carbocycles. The molecule has 0 saturated heterocycles. The Bertz CT molecular complexity index is 1070. The first-order valence-corrected chi connectivity index (χ1v) is 9.67. The van der Waals surface area contributed by atoms with Gasteiger partial charge >= 0.3 is 0 Å². The van der Waals surface area contributed by atoms with E-state index in [0.29, 0.717) is 10.7 Å². The van der Waals surface area contributed by atoms with Crippen LogP contribution in [0, 0.1) is 11.6 Å². The molecule has 0 bridgehead atoms. The van der Waals surface area contributed by atoms with Gasteiger partial charge in [-0.25, -0.2) is 8.78 Å². The Morgan fingerprint density at radius 1 is 0.900 bits per heavy atom. The number of halogens is 4. The zero-order valence-electron chi connectivity index (χ0n) is 15.5. The SMILES string of the molecule is O=C(NCCN(C(=O)c1ccc(Cl)cc1Cl)c1ccc(F)cc1)c1cccc(F)c1. The summed E-state index contributed by atoms with van der Waals surface area (Å²) >= 11 is 12.1. The van der Waals surface area contributed by atoms with E-state index in [1.54, 1.807) is 0 Å². The number of anilines is 1. The largest absolute Gasteiger partial charge is 0.350 e. The fraction of sp³-hybridized carbons (Fsp3) is 0.0909. The first kappa shape index (κ1) is 21.7. The first-order valence-electron chi connectivity index (χ1n) is 8.91. The van der Waals surface area contributed by atoms with Crippen LogP contribution in [-0.4, -0.2) is 24.9 Å². The van der Waals surface area contributed by atoms with Crippen LogP contribution in [0.2, 0.25) is 10.0 Å². The van der Waals surface area contributed by atoms with Crippen LogP contribution in [-0.2, 0) is 0 Å². The van der Waals surface area contributed by atoms with Crippen LogP contribution in [0.5, 0.6) is 0 Å². The van der Waals surface area contributed by atoms with Crippen LogP contribution in [0.25, 0.3) is 0 Å². The second-order valence-corrected chi connectivity index (χ2v) is 7.17. The molecule has 2 amide bonds. The molecule has 0 aromatic heterocycles. The lowest BCUT2D eigenvalue weighted by Gasteiger charge is -2.24. The molecule has 30 heavy (non-hydrogen) atoms. The molecule has 0 atom stereocenters. The predicted molar refractivity (Wildman–Crippen MR) is 113 cm³/mol. The standard InChI is InChI=1S/C22H16Cl2F2N2O2/c23-15-4-9-19(20(24)13-15)22(30)28(18-7-5-16(25)6-8-18)11-10-27-21(29)14-2-1-3-17(26)12-14/h1-9,12-13H,10-11H2,(H,27,29). The highest BCUT2D eigenvalue weighted by atomic mass is 35.5. The summed E-state index contributed by atoms with van der Waals surface area (Å²) in [7, 11) is 0. The van der Waals surface area contributed by atoms with E-state index in [1.807, 2.05) is 0 Å². The van der Waals surface area contributed by atoms with E-state index < -0.39 is 23.4 Å². The van der Waals surface area contributed by atoms with Crippen LogP contribution in [0.1, 0.15) is 20.7 Å². The molecule has 8 heteroatoms. The molecule has 0 heterocycles. The van der Waals surface area contributed by atoms with Gasteiger partial charge in [0.15, 0.2) is 0 Å². The second-order valence-electron chi connectivity index (χ2n) is 6.32. The Hall–Kier alpha value is -2.96. The summed E-state index contributed by atoms with van der Waals surface area (Å²) < 4.78 is 26.6. The summed E-state index contributed by atoms with van der Waals surface area (Å²) in [6.45, 7) is 0.147. The number of nitrogens with zero attached hydrogens (tertiary/aromatic N) is 1. The fourth-order valence-electron chi connectivity index (χ4n) is 2.79. The van der Waals surface area contributed by atoms with Gasteiger partial charge in [0.25, 0.3) is 11.8 Å². The van der Waals surface area contributed by atoms with Crippen LogP contribution in [0.4, 0.5) is 14.5 Å². The summed E-state index contributed by atoms with van der Waals surface area (Å²) in [6.07, 6.45) is 0. The summed E-state index contributed by atoms with van der Waals surface area (Å²) in [5, 5.41) is 3.19. The average Bonchev–Trinajstić information content (AvgIpc) is 2.71. The monoisotopic (exact) mass is 448 g/mol. The highest BCUT2D eigenvalue weighted by Crippen LogP contribution is 2.25. The van der Waals surface area contributed by atoms with Crippen molar-refractivity contribution in [2.75, 3.05) is 18.0 Å². The number of hydrogen-bond acceptors (Lipinski definition) is 2. The fourth-order valence-corrected chi connectivity index (χ4v) is 3.28. The number of carbonyl (C=O) groups is 2. The van der Waals surface area contributed by atoms with E-state index in [4.69, 9.17) is 23.2 Å². The van der Waals surface area contributed by atoms with Crippen molar-refractivity contribution in [3.63, 3.8) is 0 Å². The Morgan fingerprint density at radius 2 is 1.63 bits per heavy atom. The number of nitrogens with one attached hydrogen (secondary N) is 1. The van der Waals surface area contributed by atoms with Crippen molar-refractivity contribution in [1.29, 1.82) is 0 Å². The molecule has 3 rings (SSSR count). The highest BCUT2D eigenvalue weighted by molar-refractivity contribution is 6.37. The van der Waals surface area contributed by atoms with E-state index in [-0.39, 0.29) is 29.2 Å². The highest BCUT2D eigenvalue weighted by Gasteiger charge is 2.21. The topological polar surface area (TPSA) is 49.4 Å². The van der Waals surface area contributed by atoms with Gasteiger partial charge in [0.1, 0.15) is 11.6 Å². The lowest BCUT2D eigenvalue weighted by atomic mass is 10.1. The van der Waals surface area contributed by atoms with Crippen molar-refractivity contribution >= 4 is 40.7 Å². The maximum Gasteiger partial charge on any atom is 0.259 e. The number of benzene rings is 3. The summed E-state index contributed by atoms with van der Waals surface area (Å²) in [6, 6.07) is 15.1. The molecule has 0 aliphatic carbocycles. The van der Waals surface area contributed by atoms with Gasteiger partial charge in [0.05, 0.1) is 10.6 Å². The van der Waals surface area contributed by atoms with Crippen molar-refractivity contribution in [2.45, 2.75) is 0 Å². The minimum Gasteiger partial charge on any atom is -0.350 e. The van der Waals surface area contributed by atoms with Crippen molar-refractivity contribution in [3.05, 3.63) is 99.5 Å². The molecule has 0 unspecified atom stereocenters. The normalized spacial score (nSPS) is 10.5. The van der Waals surface area contributed by atoms with Gasteiger partial charge in [0, 0.05) is 29.4 Å². The number of rotatable bonds is 6.